The second kappa shape index (κ2) is 15.8. The topological polar surface area (TPSA) is 86.8 Å². The molecule has 2 amide bonds. The second-order valence-corrected chi connectivity index (χ2v) is 14.3. The second-order valence-electron chi connectivity index (χ2n) is 11.6. The smallest absolute Gasteiger partial charge is 0.264 e. The maximum absolute atomic E-state index is 14.6. The Hall–Kier alpha value is -3.92. The third-order valence-electron chi connectivity index (χ3n) is 8.28. The molecule has 7 nitrogen and oxygen atoms in total. The van der Waals surface area contributed by atoms with Crippen LogP contribution in [0.4, 0.5) is 10.1 Å². The first-order chi connectivity index (χ1) is 22.6. The summed E-state index contributed by atoms with van der Waals surface area (Å²) >= 11 is 12.8. The molecule has 0 spiro atoms. The third-order valence-corrected chi connectivity index (χ3v) is 10.6. The van der Waals surface area contributed by atoms with Crippen LogP contribution in [0, 0.1) is 5.82 Å². The van der Waals surface area contributed by atoms with E-state index in [-0.39, 0.29) is 45.5 Å². The quantitative estimate of drug-likeness (QED) is 0.167. The number of carbonyl (C=O) groups is 2. The SMILES string of the molecule is O=C(NC1CCCCC1)[C@H](Cc1ccccc1)N(Cc1ccc(F)cc1)C(=O)CN(c1cc(Cl)ccc1Cl)S(=O)(=O)c1ccccc1. The number of halogens is 3. The summed E-state index contributed by atoms with van der Waals surface area (Å²) in [5, 5.41) is 3.46. The minimum absolute atomic E-state index is 0.0179. The molecular formula is C36H36Cl2FN3O4S. The molecule has 1 atom stereocenters. The van der Waals surface area contributed by atoms with Crippen molar-refractivity contribution < 1.29 is 22.4 Å². The zero-order chi connectivity index (χ0) is 33.4. The zero-order valence-electron chi connectivity index (χ0n) is 25.7. The summed E-state index contributed by atoms with van der Waals surface area (Å²) in [4.78, 5) is 30.1. The molecule has 1 fully saturated rings. The number of carbonyl (C=O) groups excluding carboxylic acids is 2. The van der Waals surface area contributed by atoms with Crippen LogP contribution in [0.5, 0.6) is 0 Å². The van der Waals surface area contributed by atoms with Crippen molar-refractivity contribution in [3.8, 4) is 0 Å². The molecule has 0 aromatic heterocycles. The average Bonchev–Trinajstić information content (AvgIpc) is 3.08. The number of amides is 2. The Morgan fingerprint density at radius 3 is 2.13 bits per heavy atom. The van der Waals surface area contributed by atoms with E-state index in [0.717, 1.165) is 42.0 Å². The van der Waals surface area contributed by atoms with Crippen molar-refractivity contribution in [2.75, 3.05) is 10.8 Å². The molecule has 1 aliphatic carbocycles. The summed E-state index contributed by atoms with van der Waals surface area (Å²) in [5.41, 5.74) is 1.41. The monoisotopic (exact) mass is 695 g/mol. The number of benzene rings is 4. The number of hydrogen-bond acceptors (Lipinski definition) is 4. The molecular weight excluding hydrogens is 660 g/mol. The molecule has 4 aromatic rings. The number of nitrogens with one attached hydrogen (secondary N) is 1. The minimum atomic E-state index is -4.34. The van der Waals surface area contributed by atoms with Crippen molar-refractivity contribution in [1.82, 2.24) is 10.2 Å². The Kier molecular flexibility index (Phi) is 11.6. The van der Waals surface area contributed by atoms with Crippen molar-refractivity contribution in [1.29, 1.82) is 0 Å². The number of sulfonamides is 1. The van der Waals surface area contributed by atoms with Gasteiger partial charge in [0.2, 0.25) is 11.8 Å². The Labute approximate surface area is 285 Å². The molecule has 1 saturated carbocycles. The zero-order valence-corrected chi connectivity index (χ0v) is 28.0. The maximum Gasteiger partial charge on any atom is 0.264 e. The average molecular weight is 697 g/mol. The van der Waals surface area contributed by atoms with Gasteiger partial charge in [-0.2, -0.15) is 0 Å². The first-order valence-corrected chi connectivity index (χ1v) is 17.7. The van der Waals surface area contributed by atoms with Crippen LogP contribution >= 0.6 is 23.2 Å². The highest BCUT2D eigenvalue weighted by atomic mass is 35.5. The van der Waals surface area contributed by atoms with Crippen LogP contribution in [-0.4, -0.2) is 43.8 Å². The highest BCUT2D eigenvalue weighted by Crippen LogP contribution is 2.33. The molecule has 0 saturated heterocycles. The van der Waals surface area contributed by atoms with Gasteiger partial charge < -0.3 is 10.2 Å². The van der Waals surface area contributed by atoms with E-state index in [1.165, 1.54) is 47.4 Å². The van der Waals surface area contributed by atoms with E-state index in [1.54, 1.807) is 30.3 Å². The van der Waals surface area contributed by atoms with Crippen LogP contribution in [-0.2, 0) is 32.6 Å². The van der Waals surface area contributed by atoms with Gasteiger partial charge in [-0.15, -0.1) is 0 Å². The van der Waals surface area contributed by atoms with Crippen LogP contribution < -0.4 is 9.62 Å². The summed E-state index contributed by atoms with van der Waals surface area (Å²) in [6.07, 6.45) is 4.96. The van der Waals surface area contributed by atoms with Crippen molar-refractivity contribution in [2.24, 2.45) is 0 Å². The van der Waals surface area contributed by atoms with Crippen LogP contribution in [0.1, 0.15) is 43.2 Å². The third kappa shape index (κ3) is 8.91. The molecule has 47 heavy (non-hydrogen) atoms. The van der Waals surface area contributed by atoms with E-state index >= 15 is 0 Å². The summed E-state index contributed by atoms with van der Waals surface area (Å²) in [7, 11) is -4.34. The number of nitrogens with zero attached hydrogens (tertiary/aromatic N) is 2. The Bertz CT molecular complexity index is 1770. The van der Waals surface area contributed by atoms with Gasteiger partial charge >= 0.3 is 0 Å². The molecule has 0 unspecified atom stereocenters. The summed E-state index contributed by atoms with van der Waals surface area (Å²) in [5.74, 6) is -1.43. The maximum atomic E-state index is 14.6. The van der Waals surface area contributed by atoms with E-state index < -0.39 is 34.3 Å². The summed E-state index contributed by atoms with van der Waals surface area (Å²) in [6.45, 7) is -0.752. The molecule has 246 valence electrons. The van der Waals surface area contributed by atoms with E-state index in [1.807, 2.05) is 30.3 Å². The van der Waals surface area contributed by atoms with Gasteiger partial charge in [0.25, 0.3) is 10.0 Å². The van der Waals surface area contributed by atoms with Crippen LogP contribution in [0.3, 0.4) is 0 Å². The lowest BCUT2D eigenvalue weighted by molar-refractivity contribution is -0.140. The first kappa shape index (κ1) is 34.4. The molecule has 0 aliphatic heterocycles. The fraction of sp³-hybridized carbons (Fsp3) is 0.278. The van der Waals surface area contributed by atoms with E-state index in [9.17, 15) is 22.4 Å². The van der Waals surface area contributed by atoms with Gasteiger partial charge in [0.05, 0.1) is 15.6 Å². The Morgan fingerprint density at radius 2 is 1.47 bits per heavy atom. The van der Waals surface area contributed by atoms with Crippen molar-refractivity contribution in [2.45, 2.75) is 62.0 Å². The molecule has 1 aliphatic rings. The number of hydrogen-bond donors (Lipinski definition) is 1. The van der Waals surface area contributed by atoms with Crippen LogP contribution in [0.15, 0.2) is 108 Å². The van der Waals surface area contributed by atoms with Crippen molar-refractivity contribution in [3.63, 3.8) is 0 Å². The molecule has 4 aromatic carbocycles. The molecule has 1 N–H and O–H groups in total. The van der Waals surface area contributed by atoms with E-state index in [4.69, 9.17) is 23.2 Å². The van der Waals surface area contributed by atoms with Gasteiger partial charge in [-0.05, 0) is 66.4 Å². The van der Waals surface area contributed by atoms with Gasteiger partial charge in [-0.3, -0.25) is 13.9 Å². The first-order valence-electron chi connectivity index (χ1n) is 15.5. The summed E-state index contributed by atoms with van der Waals surface area (Å²) in [6, 6.07) is 26.0. The fourth-order valence-corrected chi connectivity index (χ4v) is 7.68. The lowest BCUT2D eigenvalue weighted by Gasteiger charge is -2.35. The molecule has 11 heteroatoms. The van der Waals surface area contributed by atoms with Crippen molar-refractivity contribution in [3.05, 3.63) is 130 Å². The largest absolute Gasteiger partial charge is 0.352 e. The predicted molar refractivity (Wildman–Crippen MR) is 183 cm³/mol. The van der Waals surface area contributed by atoms with E-state index in [0.29, 0.717) is 5.56 Å². The Morgan fingerprint density at radius 1 is 0.830 bits per heavy atom. The fourth-order valence-electron chi connectivity index (χ4n) is 5.79. The van der Waals surface area contributed by atoms with Crippen LogP contribution in [0.2, 0.25) is 10.0 Å². The lowest BCUT2D eigenvalue weighted by Crippen LogP contribution is -2.55. The predicted octanol–water partition coefficient (Wildman–Crippen LogP) is 7.42. The van der Waals surface area contributed by atoms with Gasteiger partial charge in [0.15, 0.2) is 0 Å². The van der Waals surface area contributed by atoms with Crippen molar-refractivity contribution >= 4 is 50.7 Å². The highest BCUT2D eigenvalue weighted by Gasteiger charge is 2.36. The molecule has 0 bridgehead atoms. The number of rotatable bonds is 12. The van der Waals surface area contributed by atoms with Gasteiger partial charge in [0, 0.05) is 24.0 Å². The lowest BCUT2D eigenvalue weighted by atomic mass is 9.94. The van der Waals surface area contributed by atoms with E-state index in [2.05, 4.69) is 5.32 Å². The normalized spacial score (nSPS) is 14.3. The Balaban J connectivity index is 1.58. The molecule has 5 rings (SSSR count). The van der Waals surface area contributed by atoms with Gasteiger partial charge in [0.1, 0.15) is 18.4 Å². The minimum Gasteiger partial charge on any atom is -0.352 e. The van der Waals surface area contributed by atoms with Gasteiger partial charge in [-0.25, -0.2) is 12.8 Å². The molecule has 0 heterocycles. The standard InChI is InChI=1S/C36H36Cl2FN3O4S/c37-28-18-21-32(38)33(23-28)42(47(45,46)31-14-8-3-9-15-31)25-35(43)41(24-27-16-19-29(39)20-17-27)34(22-26-10-4-1-5-11-26)36(44)40-30-12-6-2-7-13-30/h1,3-5,8-11,14-21,23,30,34H,2,6-7,12-13,22,24-25H2,(H,40,44)/t34-/m0/s1. The highest BCUT2D eigenvalue weighted by molar-refractivity contribution is 7.92. The van der Waals surface area contributed by atoms with Gasteiger partial charge in [-0.1, -0.05) is 103 Å². The van der Waals surface area contributed by atoms with Crippen LogP contribution in [0.25, 0.3) is 0 Å². The summed E-state index contributed by atoms with van der Waals surface area (Å²) < 4.78 is 43.1. The number of anilines is 1. The molecule has 0 radical (unpaired) electrons.